The fourth-order valence-corrected chi connectivity index (χ4v) is 5.43. The van der Waals surface area contributed by atoms with Crippen LogP contribution in [0.3, 0.4) is 0 Å². The highest BCUT2D eigenvalue weighted by atomic mass is 32.2. The first-order valence-electron chi connectivity index (χ1n) is 11.0. The third kappa shape index (κ3) is 4.78. The summed E-state index contributed by atoms with van der Waals surface area (Å²) in [6, 6.07) is 12.6. The number of aromatic nitrogens is 1. The lowest BCUT2D eigenvalue weighted by Gasteiger charge is -2.24. The highest BCUT2D eigenvalue weighted by Crippen LogP contribution is 2.32. The highest BCUT2D eigenvalue weighted by molar-refractivity contribution is 7.98. The summed E-state index contributed by atoms with van der Waals surface area (Å²) in [5.41, 5.74) is 2.17. The molecule has 0 fully saturated rings. The third-order valence-corrected chi connectivity index (χ3v) is 7.40. The number of methoxy groups -OCH3 is 2. The van der Waals surface area contributed by atoms with Crippen LogP contribution < -0.4 is 24.4 Å². The van der Waals surface area contributed by atoms with Crippen LogP contribution in [0.5, 0.6) is 11.5 Å². The van der Waals surface area contributed by atoms with Crippen molar-refractivity contribution in [2.75, 3.05) is 27.1 Å². The lowest BCUT2D eigenvalue weighted by atomic mass is 9.96. The van der Waals surface area contributed by atoms with Crippen LogP contribution in [0, 0.1) is 0 Å². The van der Waals surface area contributed by atoms with Crippen LogP contribution in [0.15, 0.2) is 68.4 Å². The number of allylic oxidation sites excluding steroid dienone is 1. The van der Waals surface area contributed by atoms with Gasteiger partial charge in [0.15, 0.2) is 4.80 Å². The van der Waals surface area contributed by atoms with E-state index in [1.54, 1.807) is 62.6 Å². The van der Waals surface area contributed by atoms with Crippen molar-refractivity contribution in [2.24, 2.45) is 4.99 Å². The fraction of sp³-hybridized carbons (Fsp3) is 0.269. The maximum atomic E-state index is 13.7. The van der Waals surface area contributed by atoms with E-state index in [4.69, 9.17) is 14.2 Å². The molecular formula is C26H26N2O5S2. The molecule has 0 bridgehead atoms. The van der Waals surface area contributed by atoms with Gasteiger partial charge >= 0.3 is 5.97 Å². The normalized spacial score (nSPS) is 15.5. The number of rotatable bonds is 7. The Morgan fingerprint density at radius 3 is 2.54 bits per heavy atom. The number of carbonyl (C=O) groups is 1. The average molecular weight is 511 g/mol. The first kappa shape index (κ1) is 24.8. The van der Waals surface area contributed by atoms with E-state index in [9.17, 15) is 9.59 Å². The topological polar surface area (TPSA) is 79.1 Å². The molecular weight excluding hydrogens is 484 g/mol. The van der Waals surface area contributed by atoms with Gasteiger partial charge < -0.3 is 14.2 Å². The van der Waals surface area contributed by atoms with Crippen LogP contribution in [0.1, 0.15) is 31.0 Å². The van der Waals surface area contributed by atoms with E-state index < -0.39 is 12.0 Å². The van der Waals surface area contributed by atoms with E-state index in [1.807, 2.05) is 36.6 Å². The van der Waals surface area contributed by atoms with Crippen molar-refractivity contribution in [1.29, 1.82) is 0 Å². The summed E-state index contributed by atoms with van der Waals surface area (Å²) in [6.07, 6.45) is 3.77. The van der Waals surface area contributed by atoms with Crippen molar-refractivity contribution in [3.63, 3.8) is 0 Å². The van der Waals surface area contributed by atoms with Gasteiger partial charge in [0.2, 0.25) is 0 Å². The van der Waals surface area contributed by atoms with Gasteiger partial charge in [-0.3, -0.25) is 9.36 Å². The molecule has 1 aliphatic rings. The standard InChI is InChI=1S/C26H26N2O5S2/c1-6-33-25(30)22-15(2)27-26-28(23(22)16-7-10-19(34-5)11-8-16)24(29)21(35-26)14-17-13-18(31-3)9-12-20(17)32-4/h7-14,23H,6H2,1-5H3. The Hall–Kier alpha value is -3.30. The first-order valence-corrected chi connectivity index (χ1v) is 13.0. The summed E-state index contributed by atoms with van der Waals surface area (Å²) in [5, 5.41) is 0. The molecule has 1 unspecified atom stereocenters. The number of benzene rings is 2. The van der Waals surface area contributed by atoms with E-state index in [-0.39, 0.29) is 12.2 Å². The molecule has 9 heteroatoms. The van der Waals surface area contributed by atoms with Crippen LogP contribution in [0.4, 0.5) is 0 Å². The Kier molecular flexibility index (Phi) is 7.47. The van der Waals surface area contributed by atoms with Gasteiger partial charge in [-0.25, -0.2) is 9.79 Å². The van der Waals surface area contributed by atoms with Crippen LogP contribution in [-0.2, 0) is 9.53 Å². The van der Waals surface area contributed by atoms with E-state index in [2.05, 4.69) is 4.99 Å². The van der Waals surface area contributed by atoms with E-state index in [1.165, 1.54) is 11.3 Å². The largest absolute Gasteiger partial charge is 0.497 e. The van der Waals surface area contributed by atoms with E-state index >= 15 is 0 Å². The molecule has 0 N–H and O–H groups in total. The molecule has 0 saturated carbocycles. The SMILES string of the molecule is CCOC(=O)C1=C(C)N=c2sc(=Cc3cc(OC)ccc3OC)c(=O)n2C1c1ccc(SC)cc1. The van der Waals surface area contributed by atoms with Gasteiger partial charge in [0.05, 0.1) is 42.7 Å². The van der Waals surface area contributed by atoms with Crippen molar-refractivity contribution in [2.45, 2.75) is 24.8 Å². The maximum Gasteiger partial charge on any atom is 0.338 e. The Morgan fingerprint density at radius 2 is 1.91 bits per heavy atom. The number of fused-ring (bicyclic) bond motifs is 1. The quantitative estimate of drug-likeness (QED) is 0.357. The molecule has 0 spiro atoms. The molecule has 1 atom stereocenters. The van der Waals surface area contributed by atoms with Gasteiger partial charge in [-0.15, -0.1) is 11.8 Å². The average Bonchev–Trinajstić information content (AvgIpc) is 3.17. The predicted molar refractivity (Wildman–Crippen MR) is 138 cm³/mol. The Morgan fingerprint density at radius 1 is 1.17 bits per heavy atom. The van der Waals surface area contributed by atoms with Crippen LogP contribution in [-0.4, -0.2) is 37.6 Å². The van der Waals surface area contributed by atoms with Crippen molar-refractivity contribution >= 4 is 35.1 Å². The second-order valence-corrected chi connectivity index (χ2v) is 9.57. The molecule has 7 nitrogen and oxygen atoms in total. The third-order valence-electron chi connectivity index (χ3n) is 5.67. The number of nitrogens with zero attached hydrogens (tertiary/aromatic N) is 2. The number of thioether (sulfide) groups is 1. The highest BCUT2D eigenvalue weighted by Gasteiger charge is 2.33. The Bertz CT molecular complexity index is 1470. The van der Waals surface area contributed by atoms with E-state index in [0.717, 1.165) is 10.5 Å². The number of ether oxygens (including phenoxy) is 3. The van der Waals surface area contributed by atoms with Gasteiger partial charge in [-0.05, 0) is 62.1 Å². The molecule has 2 aromatic carbocycles. The minimum Gasteiger partial charge on any atom is -0.497 e. The first-order chi connectivity index (χ1) is 16.9. The minimum absolute atomic E-state index is 0.230. The zero-order valence-corrected chi connectivity index (χ0v) is 21.8. The molecule has 1 aliphatic heterocycles. The van der Waals surface area contributed by atoms with Gasteiger partial charge in [0.25, 0.3) is 5.56 Å². The summed E-state index contributed by atoms with van der Waals surface area (Å²) >= 11 is 2.89. The predicted octanol–water partition coefficient (Wildman–Crippen LogP) is 3.54. The van der Waals surface area contributed by atoms with Crippen molar-refractivity contribution in [3.8, 4) is 11.5 Å². The molecule has 3 aromatic rings. The molecule has 35 heavy (non-hydrogen) atoms. The molecule has 0 saturated heterocycles. The Labute approximate surface area is 211 Å². The van der Waals surface area contributed by atoms with E-state index in [0.29, 0.717) is 37.7 Å². The lowest BCUT2D eigenvalue weighted by molar-refractivity contribution is -0.139. The second-order valence-electron chi connectivity index (χ2n) is 7.68. The molecule has 0 amide bonds. The van der Waals surface area contributed by atoms with Gasteiger partial charge in [0.1, 0.15) is 11.5 Å². The smallest absolute Gasteiger partial charge is 0.338 e. The lowest BCUT2D eigenvalue weighted by Crippen LogP contribution is -2.39. The number of hydrogen-bond acceptors (Lipinski definition) is 8. The zero-order valence-electron chi connectivity index (χ0n) is 20.2. The summed E-state index contributed by atoms with van der Waals surface area (Å²) in [4.78, 5) is 33.0. The van der Waals surface area contributed by atoms with Crippen molar-refractivity contribution in [3.05, 3.63) is 84.5 Å². The minimum atomic E-state index is -0.643. The zero-order chi connectivity index (χ0) is 25.1. The summed E-state index contributed by atoms with van der Waals surface area (Å²) in [6.45, 7) is 3.76. The number of esters is 1. The number of hydrogen-bond donors (Lipinski definition) is 0. The number of thiazole rings is 1. The summed E-state index contributed by atoms with van der Waals surface area (Å²) in [7, 11) is 3.16. The van der Waals surface area contributed by atoms with Gasteiger partial charge in [-0.1, -0.05) is 23.5 Å². The molecule has 4 rings (SSSR count). The fourth-order valence-electron chi connectivity index (χ4n) is 3.99. The molecule has 0 radical (unpaired) electrons. The Balaban J connectivity index is 1.95. The molecule has 0 aliphatic carbocycles. The number of carbonyl (C=O) groups excluding carboxylic acids is 1. The van der Waals surface area contributed by atoms with Crippen LogP contribution in [0.25, 0.3) is 6.08 Å². The van der Waals surface area contributed by atoms with Crippen LogP contribution >= 0.6 is 23.1 Å². The van der Waals surface area contributed by atoms with Crippen molar-refractivity contribution < 1.29 is 19.0 Å². The summed E-state index contributed by atoms with van der Waals surface area (Å²) in [5.74, 6) is 0.790. The summed E-state index contributed by atoms with van der Waals surface area (Å²) < 4.78 is 18.2. The molecule has 182 valence electrons. The van der Waals surface area contributed by atoms with Crippen molar-refractivity contribution in [1.82, 2.24) is 4.57 Å². The monoisotopic (exact) mass is 510 g/mol. The second kappa shape index (κ2) is 10.5. The molecule has 2 heterocycles. The maximum absolute atomic E-state index is 13.7. The van der Waals surface area contributed by atoms with Gasteiger partial charge in [0, 0.05) is 10.5 Å². The van der Waals surface area contributed by atoms with Gasteiger partial charge in [-0.2, -0.15) is 0 Å². The van der Waals surface area contributed by atoms with Crippen LogP contribution in [0.2, 0.25) is 0 Å². The molecule has 1 aromatic heterocycles.